The van der Waals surface area contributed by atoms with E-state index in [0.717, 1.165) is 18.4 Å². The maximum absolute atomic E-state index is 12.6. The molecule has 0 radical (unpaired) electrons. The van der Waals surface area contributed by atoms with Crippen LogP contribution < -0.4 is 0 Å². The van der Waals surface area contributed by atoms with Gasteiger partial charge in [-0.05, 0) is 33.6 Å². The molecule has 0 aromatic rings. The monoisotopic (exact) mass is 390 g/mol. The summed E-state index contributed by atoms with van der Waals surface area (Å²) in [6, 6.07) is 0. The number of carbonyl (C=O) groups is 3. The molecular weight excluding hydrogens is 364 g/mol. The minimum atomic E-state index is -0.728. The highest BCUT2D eigenvalue weighted by Crippen LogP contribution is 2.49. The van der Waals surface area contributed by atoms with Gasteiger partial charge in [0.1, 0.15) is 18.8 Å². The van der Waals surface area contributed by atoms with E-state index in [1.54, 1.807) is 6.92 Å². The van der Waals surface area contributed by atoms with Gasteiger partial charge in [-0.15, -0.1) is 0 Å². The molecule has 28 heavy (non-hydrogen) atoms. The second kappa shape index (κ2) is 7.54. The summed E-state index contributed by atoms with van der Waals surface area (Å²) in [6.45, 7) is 10.2. The summed E-state index contributed by atoms with van der Waals surface area (Å²) in [5.41, 5.74) is 1.61. The van der Waals surface area contributed by atoms with Gasteiger partial charge in [0, 0.05) is 24.5 Å². The molecule has 0 N–H and O–H groups in total. The van der Waals surface area contributed by atoms with Crippen LogP contribution in [0.5, 0.6) is 0 Å². The van der Waals surface area contributed by atoms with E-state index in [9.17, 15) is 14.4 Å². The van der Waals surface area contributed by atoms with Crippen molar-refractivity contribution in [2.24, 2.45) is 0 Å². The Kier molecular flexibility index (Phi) is 5.48. The molecule has 1 fully saturated rings. The van der Waals surface area contributed by atoms with Gasteiger partial charge in [-0.1, -0.05) is 18.2 Å². The minimum Gasteiger partial charge on any atom is -0.461 e. The van der Waals surface area contributed by atoms with Crippen molar-refractivity contribution in [3.63, 3.8) is 0 Å². The van der Waals surface area contributed by atoms with Gasteiger partial charge in [-0.3, -0.25) is 4.79 Å². The van der Waals surface area contributed by atoms with Crippen LogP contribution in [0, 0.1) is 0 Å². The predicted octanol–water partition coefficient (Wildman–Crippen LogP) is 2.55. The van der Waals surface area contributed by atoms with Gasteiger partial charge in [-0.25, -0.2) is 9.59 Å². The molecule has 0 aromatic carbocycles. The van der Waals surface area contributed by atoms with Crippen LogP contribution in [0.3, 0.4) is 0 Å². The average molecular weight is 390 g/mol. The van der Waals surface area contributed by atoms with Crippen LogP contribution in [0.1, 0.15) is 47.0 Å². The Balaban J connectivity index is 2.04. The molecular formula is C21H26O7. The summed E-state index contributed by atoms with van der Waals surface area (Å²) in [7, 11) is 0. The summed E-state index contributed by atoms with van der Waals surface area (Å²) < 4.78 is 22.3. The molecule has 2 heterocycles. The summed E-state index contributed by atoms with van der Waals surface area (Å²) in [4.78, 5) is 36.1. The Labute approximate surface area is 164 Å². The van der Waals surface area contributed by atoms with Crippen molar-refractivity contribution in [1.29, 1.82) is 0 Å². The largest absolute Gasteiger partial charge is 0.461 e. The third kappa shape index (κ3) is 4.04. The highest BCUT2D eigenvalue weighted by Gasteiger charge is 2.61. The van der Waals surface area contributed by atoms with Gasteiger partial charge < -0.3 is 18.9 Å². The van der Waals surface area contributed by atoms with Gasteiger partial charge in [0.05, 0.1) is 11.2 Å². The van der Waals surface area contributed by atoms with E-state index in [0.29, 0.717) is 12.0 Å². The second-order valence-corrected chi connectivity index (χ2v) is 7.86. The molecule has 0 unspecified atom stereocenters. The van der Waals surface area contributed by atoms with Crippen molar-refractivity contribution in [2.75, 3.05) is 6.61 Å². The third-order valence-electron chi connectivity index (χ3n) is 5.36. The molecule has 0 bridgehead atoms. The quantitative estimate of drug-likeness (QED) is 0.239. The molecule has 2 aliphatic heterocycles. The van der Waals surface area contributed by atoms with Crippen molar-refractivity contribution in [2.45, 2.75) is 70.9 Å². The minimum absolute atomic E-state index is 0.214. The Bertz CT molecular complexity index is 791. The average Bonchev–Trinajstić information content (AvgIpc) is 3.15. The number of ether oxygens (including phenoxy) is 4. The smallest absolute Gasteiger partial charge is 0.338 e. The molecule has 4 atom stereocenters. The van der Waals surface area contributed by atoms with Gasteiger partial charge in [0.25, 0.3) is 0 Å². The number of rotatable bonds is 4. The summed E-state index contributed by atoms with van der Waals surface area (Å²) in [6.07, 6.45) is 2.40. The zero-order valence-electron chi connectivity index (χ0n) is 16.7. The molecule has 7 heteroatoms. The van der Waals surface area contributed by atoms with Crippen molar-refractivity contribution in [1.82, 2.24) is 0 Å². The van der Waals surface area contributed by atoms with Crippen molar-refractivity contribution < 1.29 is 33.3 Å². The lowest BCUT2D eigenvalue weighted by atomic mass is 9.87. The van der Waals surface area contributed by atoms with Crippen molar-refractivity contribution >= 4 is 17.9 Å². The van der Waals surface area contributed by atoms with E-state index in [-0.39, 0.29) is 23.9 Å². The maximum Gasteiger partial charge on any atom is 0.338 e. The summed E-state index contributed by atoms with van der Waals surface area (Å²) in [5.74, 6) is -1.63. The van der Waals surface area contributed by atoms with Crippen molar-refractivity contribution in [3.8, 4) is 0 Å². The molecule has 7 nitrogen and oxygen atoms in total. The Morgan fingerprint density at radius 1 is 1.36 bits per heavy atom. The van der Waals surface area contributed by atoms with Crippen LogP contribution in [-0.4, -0.2) is 48.4 Å². The zero-order valence-corrected chi connectivity index (χ0v) is 16.7. The lowest BCUT2D eigenvalue weighted by molar-refractivity contribution is -0.143. The first-order valence-electron chi connectivity index (χ1n) is 9.39. The third-order valence-corrected chi connectivity index (χ3v) is 5.36. The fourth-order valence-electron chi connectivity index (χ4n) is 3.72. The highest BCUT2D eigenvalue weighted by atomic mass is 16.6. The number of esters is 3. The molecule has 0 amide bonds. The van der Waals surface area contributed by atoms with E-state index in [1.807, 2.05) is 13.8 Å². The fraction of sp³-hybridized carbons (Fsp3) is 0.571. The van der Waals surface area contributed by atoms with E-state index in [1.165, 1.54) is 6.92 Å². The zero-order chi connectivity index (χ0) is 20.6. The second-order valence-electron chi connectivity index (χ2n) is 7.86. The van der Waals surface area contributed by atoms with Gasteiger partial charge >= 0.3 is 17.9 Å². The summed E-state index contributed by atoms with van der Waals surface area (Å²) >= 11 is 0. The number of fused-ring (bicyclic) bond motifs is 3. The van der Waals surface area contributed by atoms with Crippen LogP contribution in [-0.2, 0) is 33.3 Å². The van der Waals surface area contributed by atoms with Gasteiger partial charge in [-0.2, -0.15) is 0 Å². The summed E-state index contributed by atoms with van der Waals surface area (Å²) in [5, 5.41) is 0. The number of hydrogen-bond acceptors (Lipinski definition) is 7. The molecule has 3 aliphatic rings. The Morgan fingerprint density at radius 3 is 2.71 bits per heavy atom. The van der Waals surface area contributed by atoms with Crippen LogP contribution in [0.25, 0.3) is 0 Å². The number of epoxide rings is 1. The Morgan fingerprint density at radius 2 is 2.07 bits per heavy atom. The van der Waals surface area contributed by atoms with Crippen LogP contribution in [0.2, 0.25) is 0 Å². The fourth-order valence-corrected chi connectivity index (χ4v) is 3.72. The number of hydrogen-bond donors (Lipinski definition) is 0. The lowest BCUT2D eigenvalue weighted by Gasteiger charge is -2.25. The first kappa shape index (κ1) is 20.3. The lowest BCUT2D eigenvalue weighted by Crippen LogP contribution is -2.33. The number of carbonyl (C=O) groups excluding carboxylic acids is 3. The van der Waals surface area contributed by atoms with Crippen LogP contribution in [0.4, 0.5) is 0 Å². The molecule has 1 saturated heterocycles. The van der Waals surface area contributed by atoms with E-state index >= 15 is 0 Å². The molecule has 1 aliphatic carbocycles. The van der Waals surface area contributed by atoms with E-state index in [4.69, 9.17) is 18.9 Å². The first-order valence-corrected chi connectivity index (χ1v) is 9.39. The number of allylic oxidation sites excluding steroid dienone is 1. The molecule has 0 aromatic heterocycles. The van der Waals surface area contributed by atoms with Crippen LogP contribution in [0.15, 0.2) is 34.9 Å². The molecule has 152 valence electrons. The molecule has 3 rings (SSSR count). The molecule has 0 spiro atoms. The van der Waals surface area contributed by atoms with Gasteiger partial charge in [0.2, 0.25) is 0 Å². The highest BCUT2D eigenvalue weighted by molar-refractivity contribution is 5.94. The normalized spacial score (nSPS) is 33.6. The van der Waals surface area contributed by atoms with E-state index in [2.05, 4.69) is 12.7 Å². The van der Waals surface area contributed by atoms with Crippen LogP contribution >= 0.6 is 0 Å². The topological polar surface area (TPSA) is 91.4 Å². The first-order chi connectivity index (χ1) is 13.1. The van der Waals surface area contributed by atoms with E-state index < -0.39 is 35.7 Å². The predicted molar refractivity (Wildman–Crippen MR) is 99.1 cm³/mol. The maximum atomic E-state index is 12.6. The Hall–Kier alpha value is -2.41. The molecule has 0 saturated carbocycles. The van der Waals surface area contributed by atoms with Crippen molar-refractivity contribution in [3.05, 3.63) is 34.9 Å². The SMILES string of the molecule is C=C(C)C(=O)O[C@H]1C/C(C)=C/CC[C@@]2(C)O[C@@H]2[C@@H]2OC(=O)C(COC(C)=O)=C12. The standard InChI is InChI=1S/C21H26O7/c1-11(2)19(23)26-15-9-12(3)7-6-8-21(5)18(28-21)17-16(15)14(20(24)27-17)10-25-13(4)22/h7,15,17-18H,1,6,8-10H2,2-5H3/b12-7+/t15-,17+,18+,21+/m0/s1. The van der Waals surface area contributed by atoms with Gasteiger partial charge in [0.15, 0.2) is 6.10 Å².